The van der Waals surface area contributed by atoms with Crippen LogP contribution in [0.3, 0.4) is 0 Å². The first-order chi connectivity index (χ1) is 19.6. The van der Waals surface area contributed by atoms with Crippen LogP contribution in [0.1, 0.15) is 12.7 Å². The minimum absolute atomic E-state index is 0.360. The molecule has 0 unspecified atom stereocenters. The molecule has 0 spiro atoms. The molecule has 9 heteroatoms. The van der Waals surface area contributed by atoms with Crippen LogP contribution in [-0.2, 0) is 0 Å². The van der Waals surface area contributed by atoms with E-state index in [9.17, 15) is 9.59 Å². The zero-order valence-electron chi connectivity index (χ0n) is 21.4. The number of aromatic nitrogens is 6. The SMILES string of the molecule is C=C/C(=C\C=C/C)c1nc(-c2ccccc2)nc(-c2ccc(-n3c(=O)nc4sc5ccccc5n4c3=O)cc2)n1. The number of para-hydroxylation sites is 1. The van der Waals surface area contributed by atoms with Gasteiger partial charge in [0, 0.05) is 16.7 Å². The fraction of sp³-hybridized carbons (Fsp3) is 0.0323. The maximum atomic E-state index is 13.5. The van der Waals surface area contributed by atoms with E-state index < -0.39 is 11.4 Å². The van der Waals surface area contributed by atoms with Crippen LogP contribution in [0, 0.1) is 0 Å². The summed E-state index contributed by atoms with van der Waals surface area (Å²) >= 11 is 1.30. The first kappa shape index (κ1) is 25.0. The highest BCUT2D eigenvalue weighted by molar-refractivity contribution is 7.23. The second-order valence-electron chi connectivity index (χ2n) is 8.77. The summed E-state index contributed by atoms with van der Waals surface area (Å²) in [6, 6.07) is 24.1. The van der Waals surface area contributed by atoms with Gasteiger partial charge >= 0.3 is 11.4 Å². The van der Waals surface area contributed by atoms with Gasteiger partial charge in [0.2, 0.25) is 4.96 Å². The Hall–Kier alpha value is -5.28. The van der Waals surface area contributed by atoms with Crippen molar-refractivity contribution in [2.75, 3.05) is 0 Å². The molecule has 6 aromatic rings. The van der Waals surface area contributed by atoms with Gasteiger partial charge in [-0.15, -0.1) is 0 Å². The van der Waals surface area contributed by atoms with Crippen LogP contribution >= 0.6 is 11.3 Å². The van der Waals surface area contributed by atoms with Gasteiger partial charge in [0.15, 0.2) is 17.5 Å². The Morgan fingerprint density at radius 3 is 2.20 bits per heavy atom. The van der Waals surface area contributed by atoms with Gasteiger partial charge in [0.05, 0.1) is 15.9 Å². The van der Waals surface area contributed by atoms with Crippen LogP contribution in [0.25, 0.3) is 49.2 Å². The van der Waals surface area contributed by atoms with Crippen molar-refractivity contribution < 1.29 is 0 Å². The number of fused-ring (bicyclic) bond motifs is 3. The Balaban J connectivity index is 1.47. The van der Waals surface area contributed by atoms with Crippen molar-refractivity contribution in [2.24, 2.45) is 0 Å². The molecule has 0 aliphatic carbocycles. The predicted molar refractivity (Wildman–Crippen MR) is 160 cm³/mol. The molecule has 3 aromatic carbocycles. The topological polar surface area (TPSA) is 95.0 Å². The van der Waals surface area contributed by atoms with Crippen molar-refractivity contribution in [1.29, 1.82) is 0 Å². The highest BCUT2D eigenvalue weighted by Crippen LogP contribution is 2.25. The molecular weight excluding hydrogens is 520 g/mol. The highest BCUT2D eigenvalue weighted by atomic mass is 32.1. The summed E-state index contributed by atoms with van der Waals surface area (Å²) in [5, 5.41) is 0. The van der Waals surface area contributed by atoms with Crippen molar-refractivity contribution in [3.8, 4) is 28.5 Å². The quantitative estimate of drug-likeness (QED) is 0.250. The summed E-state index contributed by atoms with van der Waals surface area (Å²) in [7, 11) is 0. The minimum atomic E-state index is -0.636. The fourth-order valence-corrected chi connectivity index (χ4v) is 5.31. The highest BCUT2D eigenvalue weighted by Gasteiger charge is 2.16. The Kier molecular flexibility index (Phi) is 6.55. The van der Waals surface area contributed by atoms with E-state index in [1.165, 1.54) is 15.7 Å². The first-order valence-electron chi connectivity index (χ1n) is 12.5. The zero-order chi connectivity index (χ0) is 27.6. The molecule has 0 atom stereocenters. The van der Waals surface area contributed by atoms with E-state index in [4.69, 9.17) is 15.0 Å². The second kappa shape index (κ2) is 10.5. The van der Waals surface area contributed by atoms with E-state index in [2.05, 4.69) is 11.6 Å². The molecule has 3 heterocycles. The lowest BCUT2D eigenvalue weighted by Crippen LogP contribution is -2.37. The number of benzene rings is 3. The van der Waals surface area contributed by atoms with Crippen LogP contribution in [0.15, 0.2) is 119 Å². The van der Waals surface area contributed by atoms with Crippen molar-refractivity contribution in [3.63, 3.8) is 0 Å². The molecular formula is C31H22N6O2S. The summed E-state index contributed by atoms with van der Waals surface area (Å²) in [5.74, 6) is 1.45. The lowest BCUT2D eigenvalue weighted by molar-refractivity contribution is 0.814. The molecule has 0 saturated heterocycles. The number of nitrogens with zero attached hydrogens (tertiary/aromatic N) is 6. The van der Waals surface area contributed by atoms with Crippen LogP contribution in [0.2, 0.25) is 0 Å². The average Bonchev–Trinajstić information content (AvgIpc) is 3.36. The Morgan fingerprint density at radius 2 is 1.50 bits per heavy atom. The van der Waals surface area contributed by atoms with Crippen molar-refractivity contribution in [3.05, 3.63) is 137 Å². The Labute approximate surface area is 232 Å². The average molecular weight is 543 g/mol. The van der Waals surface area contributed by atoms with Gasteiger partial charge in [-0.1, -0.05) is 84.7 Å². The third-order valence-corrected chi connectivity index (χ3v) is 7.28. The van der Waals surface area contributed by atoms with E-state index in [0.717, 1.165) is 20.4 Å². The number of thiazole rings is 1. The van der Waals surface area contributed by atoms with E-state index in [1.807, 2.05) is 79.7 Å². The van der Waals surface area contributed by atoms with Gasteiger partial charge < -0.3 is 0 Å². The normalized spacial score (nSPS) is 12.0. The summed E-state index contributed by atoms with van der Waals surface area (Å²) in [5.41, 5.74) is 2.29. The van der Waals surface area contributed by atoms with Crippen molar-refractivity contribution in [2.45, 2.75) is 6.92 Å². The van der Waals surface area contributed by atoms with Gasteiger partial charge in [-0.05, 0) is 43.3 Å². The molecule has 0 saturated carbocycles. The van der Waals surface area contributed by atoms with Crippen LogP contribution in [0.4, 0.5) is 0 Å². The molecule has 40 heavy (non-hydrogen) atoms. The number of hydrogen-bond donors (Lipinski definition) is 0. The summed E-state index contributed by atoms with van der Waals surface area (Å²) in [6.07, 6.45) is 7.41. The molecule has 3 aromatic heterocycles. The van der Waals surface area contributed by atoms with E-state index in [0.29, 0.717) is 39.2 Å². The Morgan fingerprint density at radius 1 is 0.825 bits per heavy atom. The monoisotopic (exact) mass is 542 g/mol. The third-order valence-electron chi connectivity index (χ3n) is 6.26. The second-order valence-corrected chi connectivity index (χ2v) is 9.78. The predicted octanol–water partition coefficient (Wildman–Crippen LogP) is 5.72. The number of allylic oxidation sites excluding steroid dienone is 5. The molecule has 0 N–H and O–H groups in total. The van der Waals surface area contributed by atoms with Gasteiger partial charge in [-0.25, -0.2) is 33.5 Å². The lowest BCUT2D eigenvalue weighted by atomic mass is 10.1. The number of rotatable bonds is 6. The van der Waals surface area contributed by atoms with E-state index in [1.54, 1.807) is 30.3 Å². The maximum absolute atomic E-state index is 13.5. The summed E-state index contributed by atoms with van der Waals surface area (Å²) in [4.78, 5) is 45.1. The van der Waals surface area contributed by atoms with Gasteiger partial charge in [0.1, 0.15) is 0 Å². The van der Waals surface area contributed by atoms with Gasteiger partial charge in [-0.2, -0.15) is 4.98 Å². The van der Waals surface area contributed by atoms with Gasteiger partial charge in [0.25, 0.3) is 0 Å². The number of hydrogen-bond acceptors (Lipinski definition) is 7. The Bertz CT molecular complexity index is 2070. The van der Waals surface area contributed by atoms with Gasteiger partial charge in [-0.3, -0.25) is 0 Å². The smallest absolute Gasteiger partial charge is 0.247 e. The summed E-state index contributed by atoms with van der Waals surface area (Å²) in [6.45, 7) is 5.85. The molecule has 0 aliphatic rings. The third kappa shape index (κ3) is 4.48. The molecule has 0 radical (unpaired) electrons. The largest absolute Gasteiger partial charge is 0.359 e. The van der Waals surface area contributed by atoms with E-state index >= 15 is 0 Å². The zero-order valence-corrected chi connectivity index (χ0v) is 22.2. The summed E-state index contributed by atoms with van der Waals surface area (Å²) < 4.78 is 3.41. The molecule has 0 bridgehead atoms. The first-order valence-corrected chi connectivity index (χ1v) is 13.3. The minimum Gasteiger partial charge on any atom is -0.247 e. The molecule has 8 nitrogen and oxygen atoms in total. The molecule has 0 fully saturated rings. The van der Waals surface area contributed by atoms with Crippen LogP contribution in [-0.4, -0.2) is 28.9 Å². The lowest BCUT2D eigenvalue weighted by Gasteiger charge is -2.09. The van der Waals surface area contributed by atoms with Crippen molar-refractivity contribution >= 4 is 32.1 Å². The standard InChI is InChI=1S/C31H22N6O2S/c1-3-5-11-20(4-2)26-32-27(21-12-7-6-8-13-21)34-28(33-26)22-16-18-23(19-17-22)36-29(38)35-30-37(31(36)39)24-14-9-10-15-25(24)40-30/h3-19H,2H2,1H3/b5-3-,20-11+. The molecule has 6 rings (SSSR count). The van der Waals surface area contributed by atoms with Crippen LogP contribution in [0.5, 0.6) is 0 Å². The van der Waals surface area contributed by atoms with Crippen LogP contribution < -0.4 is 11.4 Å². The van der Waals surface area contributed by atoms with Crippen molar-refractivity contribution in [1.82, 2.24) is 28.9 Å². The fourth-order valence-electron chi connectivity index (χ4n) is 4.31. The molecule has 194 valence electrons. The van der Waals surface area contributed by atoms with E-state index in [-0.39, 0.29) is 0 Å². The maximum Gasteiger partial charge on any atom is 0.359 e. The molecule has 0 aliphatic heterocycles. The molecule has 0 amide bonds.